The van der Waals surface area contributed by atoms with Gasteiger partial charge in [0.25, 0.3) is 0 Å². The number of fused-ring (bicyclic) bond motifs is 1. The first kappa shape index (κ1) is 13.5. The van der Waals surface area contributed by atoms with Gasteiger partial charge in [-0.2, -0.15) is 0 Å². The molecular weight excluding hydrogens is 260 g/mol. The summed E-state index contributed by atoms with van der Waals surface area (Å²) in [4.78, 5) is 12.5. The highest BCUT2D eigenvalue weighted by Gasteiger charge is 2.14. The smallest absolute Gasteiger partial charge is 0.138 e. The van der Waals surface area contributed by atoms with Crippen LogP contribution in [-0.2, 0) is 0 Å². The molecule has 3 aromatic rings. The zero-order valence-electron chi connectivity index (χ0n) is 12.9. The van der Waals surface area contributed by atoms with Crippen LogP contribution >= 0.6 is 0 Å². The Hall–Kier alpha value is -2.49. The molecule has 108 valence electrons. The molecular formula is C17H20N4. The van der Waals surface area contributed by atoms with Crippen LogP contribution < -0.4 is 9.80 Å². The first-order valence-corrected chi connectivity index (χ1v) is 7.00. The lowest BCUT2D eigenvalue weighted by Gasteiger charge is -2.17. The van der Waals surface area contributed by atoms with Crippen molar-refractivity contribution in [1.29, 1.82) is 0 Å². The SMILES string of the molecule is CN(C)c1ccc(N(C)C)c2[nH]c(-c3ccccc3)nc12. The summed E-state index contributed by atoms with van der Waals surface area (Å²) >= 11 is 0. The molecule has 0 atom stereocenters. The van der Waals surface area contributed by atoms with Crippen LogP contribution in [-0.4, -0.2) is 38.2 Å². The molecule has 4 nitrogen and oxygen atoms in total. The number of hydrogen-bond donors (Lipinski definition) is 1. The van der Waals surface area contributed by atoms with Crippen LogP contribution in [0, 0.1) is 0 Å². The van der Waals surface area contributed by atoms with E-state index >= 15 is 0 Å². The molecule has 0 fully saturated rings. The summed E-state index contributed by atoms with van der Waals surface area (Å²) in [5, 5.41) is 0. The maximum absolute atomic E-state index is 4.82. The van der Waals surface area contributed by atoms with E-state index in [1.165, 1.54) is 0 Å². The van der Waals surface area contributed by atoms with E-state index in [9.17, 15) is 0 Å². The monoisotopic (exact) mass is 280 g/mol. The molecule has 0 aliphatic rings. The van der Waals surface area contributed by atoms with Gasteiger partial charge in [0.2, 0.25) is 0 Å². The Kier molecular flexibility index (Phi) is 3.29. The van der Waals surface area contributed by atoms with Crippen LogP contribution in [0.4, 0.5) is 11.4 Å². The van der Waals surface area contributed by atoms with Crippen molar-refractivity contribution in [3.63, 3.8) is 0 Å². The average Bonchev–Trinajstić information content (AvgIpc) is 2.91. The quantitative estimate of drug-likeness (QED) is 0.799. The minimum absolute atomic E-state index is 0.906. The predicted molar refractivity (Wildman–Crippen MR) is 90.2 cm³/mol. The Bertz CT molecular complexity index is 712. The van der Waals surface area contributed by atoms with Crippen molar-refractivity contribution in [2.45, 2.75) is 0 Å². The summed E-state index contributed by atoms with van der Waals surface area (Å²) in [5.74, 6) is 0.906. The molecule has 1 N–H and O–H groups in total. The zero-order chi connectivity index (χ0) is 15.0. The van der Waals surface area contributed by atoms with E-state index in [0.717, 1.165) is 33.8 Å². The maximum Gasteiger partial charge on any atom is 0.138 e. The molecule has 0 radical (unpaired) electrons. The minimum atomic E-state index is 0.906. The molecule has 2 aromatic carbocycles. The van der Waals surface area contributed by atoms with E-state index in [1.54, 1.807) is 0 Å². The van der Waals surface area contributed by atoms with Gasteiger partial charge in [0.1, 0.15) is 11.3 Å². The van der Waals surface area contributed by atoms with Crippen molar-refractivity contribution in [3.8, 4) is 11.4 Å². The lowest BCUT2D eigenvalue weighted by atomic mass is 10.2. The third-order valence-electron chi connectivity index (χ3n) is 3.61. The van der Waals surface area contributed by atoms with Crippen molar-refractivity contribution < 1.29 is 0 Å². The molecule has 0 aliphatic heterocycles. The molecule has 0 saturated carbocycles. The number of hydrogen-bond acceptors (Lipinski definition) is 3. The Morgan fingerprint density at radius 3 is 2.05 bits per heavy atom. The molecule has 0 spiro atoms. The lowest BCUT2D eigenvalue weighted by molar-refractivity contribution is 1.12. The molecule has 3 rings (SSSR count). The summed E-state index contributed by atoms with van der Waals surface area (Å²) in [7, 11) is 8.18. The van der Waals surface area contributed by atoms with E-state index in [-0.39, 0.29) is 0 Å². The van der Waals surface area contributed by atoms with Crippen molar-refractivity contribution in [2.24, 2.45) is 0 Å². The molecule has 4 heteroatoms. The zero-order valence-corrected chi connectivity index (χ0v) is 12.9. The highest BCUT2D eigenvalue weighted by Crippen LogP contribution is 2.33. The molecule has 0 unspecified atom stereocenters. The molecule has 0 amide bonds. The highest BCUT2D eigenvalue weighted by molar-refractivity contribution is 5.99. The van der Waals surface area contributed by atoms with Crippen molar-refractivity contribution in [3.05, 3.63) is 42.5 Å². The standard InChI is InChI=1S/C17H20N4/c1-20(2)13-10-11-14(21(3)4)16-15(13)18-17(19-16)12-8-6-5-7-9-12/h5-11H,1-4H3,(H,18,19). The van der Waals surface area contributed by atoms with E-state index in [1.807, 2.05) is 46.4 Å². The van der Waals surface area contributed by atoms with E-state index in [4.69, 9.17) is 4.98 Å². The fourth-order valence-electron chi connectivity index (χ4n) is 2.53. The fourth-order valence-corrected chi connectivity index (χ4v) is 2.53. The molecule has 1 aromatic heterocycles. The summed E-state index contributed by atoms with van der Waals surface area (Å²) < 4.78 is 0. The third kappa shape index (κ3) is 2.33. The number of imidazole rings is 1. The van der Waals surface area contributed by atoms with E-state index < -0.39 is 0 Å². The van der Waals surface area contributed by atoms with Gasteiger partial charge in [0.15, 0.2) is 0 Å². The van der Waals surface area contributed by atoms with Gasteiger partial charge < -0.3 is 14.8 Å². The number of aromatic amines is 1. The second-order valence-corrected chi connectivity index (χ2v) is 5.57. The Morgan fingerprint density at radius 1 is 0.810 bits per heavy atom. The topological polar surface area (TPSA) is 35.2 Å². The van der Waals surface area contributed by atoms with Gasteiger partial charge in [-0.3, -0.25) is 0 Å². The summed E-state index contributed by atoms with van der Waals surface area (Å²) in [5.41, 5.74) is 5.44. The van der Waals surface area contributed by atoms with E-state index in [0.29, 0.717) is 0 Å². The van der Waals surface area contributed by atoms with Gasteiger partial charge in [0.05, 0.1) is 16.9 Å². The van der Waals surface area contributed by atoms with E-state index in [2.05, 4.69) is 39.0 Å². The van der Waals surface area contributed by atoms with Crippen LogP contribution in [0.3, 0.4) is 0 Å². The number of rotatable bonds is 3. The first-order chi connectivity index (χ1) is 10.1. The second kappa shape index (κ2) is 5.13. The number of nitrogens with zero attached hydrogens (tertiary/aromatic N) is 3. The van der Waals surface area contributed by atoms with Crippen molar-refractivity contribution >= 4 is 22.4 Å². The van der Waals surface area contributed by atoms with Gasteiger partial charge >= 0.3 is 0 Å². The minimum Gasteiger partial charge on any atom is -0.376 e. The normalized spacial score (nSPS) is 10.9. The number of H-pyrrole nitrogens is 1. The molecule has 21 heavy (non-hydrogen) atoms. The highest BCUT2D eigenvalue weighted by atomic mass is 15.1. The molecule has 0 saturated heterocycles. The predicted octanol–water partition coefficient (Wildman–Crippen LogP) is 3.36. The Labute approximate surface area is 125 Å². The van der Waals surface area contributed by atoms with Crippen LogP contribution in [0.25, 0.3) is 22.4 Å². The first-order valence-electron chi connectivity index (χ1n) is 7.00. The van der Waals surface area contributed by atoms with Gasteiger partial charge in [-0.1, -0.05) is 30.3 Å². The Balaban J connectivity index is 2.27. The van der Waals surface area contributed by atoms with Gasteiger partial charge in [0, 0.05) is 33.8 Å². The number of anilines is 2. The largest absolute Gasteiger partial charge is 0.376 e. The van der Waals surface area contributed by atoms with Crippen LogP contribution in [0.1, 0.15) is 0 Å². The lowest BCUT2D eigenvalue weighted by Crippen LogP contribution is -2.12. The summed E-state index contributed by atoms with van der Waals surface area (Å²) in [6.07, 6.45) is 0. The van der Waals surface area contributed by atoms with Crippen molar-refractivity contribution in [2.75, 3.05) is 38.0 Å². The van der Waals surface area contributed by atoms with Gasteiger partial charge in [-0.25, -0.2) is 4.98 Å². The number of nitrogens with one attached hydrogen (secondary N) is 1. The van der Waals surface area contributed by atoms with Crippen molar-refractivity contribution in [1.82, 2.24) is 9.97 Å². The summed E-state index contributed by atoms with van der Waals surface area (Å²) in [6, 6.07) is 14.5. The molecule has 0 aliphatic carbocycles. The number of benzene rings is 2. The van der Waals surface area contributed by atoms with Gasteiger partial charge in [-0.15, -0.1) is 0 Å². The second-order valence-electron chi connectivity index (χ2n) is 5.57. The summed E-state index contributed by atoms with van der Waals surface area (Å²) in [6.45, 7) is 0. The maximum atomic E-state index is 4.82. The van der Waals surface area contributed by atoms with Crippen LogP contribution in [0.2, 0.25) is 0 Å². The Morgan fingerprint density at radius 2 is 1.43 bits per heavy atom. The van der Waals surface area contributed by atoms with Crippen LogP contribution in [0.15, 0.2) is 42.5 Å². The third-order valence-corrected chi connectivity index (χ3v) is 3.61. The van der Waals surface area contributed by atoms with Crippen LogP contribution in [0.5, 0.6) is 0 Å². The fraction of sp³-hybridized carbons (Fsp3) is 0.235. The number of aromatic nitrogens is 2. The van der Waals surface area contributed by atoms with Gasteiger partial charge in [-0.05, 0) is 12.1 Å². The molecule has 1 heterocycles. The molecule has 0 bridgehead atoms. The average molecular weight is 280 g/mol.